The Morgan fingerprint density at radius 3 is 2.75 bits per heavy atom. The molecule has 0 amide bonds. The van der Waals surface area contributed by atoms with Crippen LogP contribution in [0, 0.1) is 0 Å². The third kappa shape index (κ3) is 2.30. The fraction of sp³-hybridized carbons (Fsp3) is 0.0909. The zero-order valence-corrected chi connectivity index (χ0v) is 12.0. The van der Waals surface area contributed by atoms with Gasteiger partial charge < -0.3 is 9.84 Å². The van der Waals surface area contributed by atoms with Crippen molar-refractivity contribution in [1.29, 1.82) is 0 Å². The van der Waals surface area contributed by atoms with E-state index in [-0.39, 0.29) is 31.8 Å². The minimum Gasteiger partial charge on any atom is -0.497 e. The number of rotatable bonds is 2. The van der Waals surface area contributed by atoms with Gasteiger partial charge in [0.1, 0.15) is 5.75 Å². The van der Waals surface area contributed by atoms with E-state index in [0.717, 1.165) is 0 Å². The molecule has 0 spiro atoms. The van der Waals surface area contributed by atoms with E-state index in [2.05, 4.69) is 4.98 Å². The Labute approximate surface area is 111 Å². The molecule has 0 aliphatic carbocycles. The monoisotopic (exact) mass is 412 g/mol. The third-order valence-corrected chi connectivity index (χ3v) is 2.18. The van der Waals surface area contributed by atoms with Gasteiger partial charge in [0.2, 0.25) is 0 Å². The van der Waals surface area contributed by atoms with E-state index in [0.29, 0.717) is 16.7 Å². The summed E-state index contributed by atoms with van der Waals surface area (Å²) in [5, 5.41) is 9.57. The van der Waals surface area contributed by atoms with Crippen LogP contribution in [0.1, 0.15) is 10.4 Å². The van der Waals surface area contributed by atoms with E-state index < -0.39 is 5.97 Å². The number of ether oxygens (including phenoxy) is 1. The van der Waals surface area contributed by atoms with Crippen LogP contribution in [0.5, 0.6) is 5.75 Å². The fourth-order valence-corrected chi connectivity index (χ4v) is 1.44. The Bertz CT molecular complexity index is 528. The van der Waals surface area contributed by atoms with Crippen LogP contribution < -0.4 is 4.74 Å². The van der Waals surface area contributed by atoms with Crippen molar-refractivity contribution in [3.63, 3.8) is 0 Å². The average molecular weight is 412 g/mol. The van der Waals surface area contributed by atoms with Crippen molar-refractivity contribution < 1.29 is 14.6 Å². The van der Waals surface area contributed by atoms with Crippen molar-refractivity contribution >= 4 is 43.1 Å². The average Bonchev–Trinajstić information content (AvgIpc) is 2.27. The molecule has 0 saturated heterocycles. The predicted molar refractivity (Wildman–Crippen MR) is 61.0 cm³/mol. The van der Waals surface area contributed by atoms with Gasteiger partial charge in [-0.2, -0.15) is 0 Å². The van der Waals surface area contributed by atoms with E-state index in [4.69, 9.17) is 9.84 Å². The van der Waals surface area contributed by atoms with Crippen LogP contribution in [0.3, 0.4) is 0 Å². The molecule has 0 aliphatic heterocycles. The Morgan fingerprint density at radius 2 is 2.12 bits per heavy atom. The second-order valence-corrected chi connectivity index (χ2v) is 3.05. The number of nitrogens with zero attached hydrogens (tertiary/aromatic N) is 1. The van der Waals surface area contributed by atoms with Crippen molar-refractivity contribution in [2.24, 2.45) is 0 Å². The molecule has 0 bridgehead atoms. The molecule has 3 radical (unpaired) electrons. The zero-order valence-electron chi connectivity index (χ0n) is 8.54. The molecule has 5 heteroatoms. The Hall–Kier alpha value is -1.22. The number of carboxylic acid groups (broad SMARTS) is 1. The SMILES string of the molecule is COc1ccc2nccc(C(=O)O)c2c1.[Bi]. The van der Waals surface area contributed by atoms with Crippen molar-refractivity contribution in [3.05, 3.63) is 36.0 Å². The molecular weight excluding hydrogens is 403 g/mol. The van der Waals surface area contributed by atoms with Crippen LogP contribution in [-0.4, -0.2) is 49.4 Å². The molecule has 4 nitrogen and oxygen atoms in total. The maximum absolute atomic E-state index is 10.9. The number of pyridine rings is 1. The van der Waals surface area contributed by atoms with Crippen molar-refractivity contribution in [1.82, 2.24) is 4.98 Å². The quantitative estimate of drug-likeness (QED) is 0.761. The molecule has 16 heavy (non-hydrogen) atoms. The van der Waals surface area contributed by atoms with Gasteiger partial charge in [-0.3, -0.25) is 4.98 Å². The molecular formula is C11H9BiNO3. The van der Waals surface area contributed by atoms with E-state index in [1.165, 1.54) is 19.4 Å². The van der Waals surface area contributed by atoms with Crippen LogP contribution in [0.2, 0.25) is 0 Å². The normalized spacial score (nSPS) is 9.56. The third-order valence-electron chi connectivity index (χ3n) is 2.18. The number of aromatic nitrogens is 1. The summed E-state index contributed by atoms with van der Waals surface area (Å²) in [7, 11) is 1.54. The van der Waals surface area contributed by atoms with Gasteiger partial charge in [0.15, 0.2) is 0 Å². The number of aromatic carboxylic acids is 1. The van der Waals surface area contributed by atoms with Gasteiger partial charge in [0, 0.05) is 37.8 Å². The molecule has 0 saturated carbocycles. The molecule has 0 fully saturated rings. The Balaban J connectivity index is 0.00000128. The Morgan fingerprint density at radius 1 is 1.38 bits per heavy atom. The maximum atomic E-state index is 10.9. The van der Waals surface area contributed by atoms with E-state index in [9.17, 15) is 4.79 Å². The molecule has 81 valence electrons. The van der Waals surface area contributed by atoms with Gasteiger partial charge in [-0.15, -0.1) is 0 Å². The number of carboxylic acids is 1. The predicted octanol–water partition coefficient (Wildman–Crippen LogP) is 1.56. The molecule has 1 heterocycles. The van der Waals surface area contributed by atoms with Crippen LogP contribution in [0.25, 0.3) is 10.9 Å². The largest absolute Gasteiger partial charge is 0.497 e. The van der Waals surface area contributed by atoms with Crippen LogP contribution in [-0.2, 0) is 0 Å². The summed E-state index contributed by atoms with van der Waals surface area (Å²) >= 11 is 0. The minimum atomic E-state index is -0.962. The molecule has 0 aliphatic rings. The van der Waals surface area contributed by atoms with E-state index in [1.807, 2.05) is 0 Å². The summed E-state index contributed by atoms with van der Waals surface area (Å²) < 4.78 is 5.04. The molecule has 2 rings (SSSR count). The van der Waals surface area contributed by atoms with Crippen LogP contribution in [0.4, 0.5) is 0 Å². The molecule has 1 N–H and O–H groups in total. The van der Waals surface area contributed by atoms with Gasteiger partial charge in [0.05, 0.1) is 18.2 Å². The molecule has 1 aromatic heterocycles. The van der Waals surface area contributed by atoms with Gasteiger partial charge in [0.25, 0.3) is 0 Å². The van der Waals surface area contributed by atoms with Crippen LogP contribution in [0.15, 0.2) is 30.5 Å². The van der Waals surface area contributed by atoms with Gasteiger partial charge in [-0.25, -0.2) is 4.79 Å². The maximum Gasteiger partial charge on any atom is 0.336 e. The van der Waals surface area contributed by atoms with E-state index >= 15 is 0 Å². The first-order valence-corrected chi connectivity index (χ1v) is 4.38. The number of hydrogen-bond acceptors (Lipinski definition) is 3. The molecule has 0 unspecified atom stereocenters. The summed E-state index contributed by atoms with van der Waals surface area (Å²) in [4.78, 5) is 15.0. The standard InChI is InChI=1S/C11H9NO3.Bi/c1-15-7-2-3-10-9(6-7)8(11(13)14)4-5-12-10;/h2-6H,1H3,(H,13,14);. The number of methoxy groups -OCH3 is 1. The Kier molecular flexibility index (Phi) is 4.19. The first kappa shape index (κ1) is 12.9. The van der Waals surface area contributed by atoms with Crippen molar-refractivity contribution in [2.75, 3.05) is 7.11 Å². The number of hydrogen-bond donors (Lipinski definition) is 1. The molecule has 1 aromatic carbocycles. The zero-order chi connectivity index (χ0) is 10.8. The fourth-order valence-electron chi connectivity index (χ4n) is 1.44. The summed E-state index contributed by atoms with van der Waals surface area (Å²) in [6.07, 6.45) is 1.48. The minimum absolute atomic E-state index is 0. The summed E-state index contributed by atoms with van der Waals surface area (Å²) in [6.45, 7) is 0. The molecule has 0 atom stereocenters. The number of carbonyl (C=O) groups is 1. The van der Waals surface area contributed by atoms with Gasteiger partial charge in [-0.1, -0.05) is 0 Å². The topological polar surface area (TPSA) is 59.4 Å². The van der Waals surface area contributed by atoms with Gasteiger partial charge >= 0.3 is 5.97 Å². The van der Waals surface area contributed by atoms with Crippen LogP contribution >= 0.6 is 0 Å². The van der Waals surface area contributed by atoms with E-state index in [1.54, 1.807) is 18.2 Å². The summed E-state index contributed by atoms with van der Waals surface area (Å²) in [6, 6.07) is 6.64. The smallest absolute Gasteiger partial charge is 0.336 e. The van der Waals surface area contributed by atoms with Crippen molar-refractivity contribution in [2.45, 2.75) is 0 Å². The van der Waals surface area contributed by atoms with Crippen molar-refractivity contribution in [3.8, 4) is 5.75 Å². The number of benzene rings is 1. The first-order valence-electron chi connectivity index (χ1n) is 4.38. The second-order valence-electron chi connectivity index (χ2n) is 3.05. The second kappa shape index (κ2) is 5.21. The molecule has 2 aromatic rings. The number of fused-ring (bicyclic) bond motifs is 1. The first-order chi connectivity index (χ1) is 7.22. The summed E-state index contributed by atoms with van der Waals surface area (Å²) in [5.41, 5.74) is 0.884. The van der Waals surface area contributed by atoms with Gasteiger partial charge in [-0.05, 0) is 24.3 Å². The summed E-state index contributed by atoms with van der Waals surface area (Å²) in [5.74, 6) is -0.339.